The van der Waals surface area contributed by atoms with E-state index in [1.54, 1.807) is 19.6 Å². The van der Waals surface area contributed by atoms with E-state index in [-0.39, 0.29) is 12.1 Å². The minimum absolute atomic E-state index is 0.117. The molecular weight excluding hydrogens is 581 g/mol. The van der Waals surface area contributed by atoms with Crippen LogP contribution in [0.25, 0.3) is 0 Å². The van der Waals surface area contributed by atoms with Gasteiger partial charge in [0, 0.05) is 56.7 Å². The maximum Gasteiger partial charge on any atom is 0.490 e. The predicted octanol–water partition coefficient (Wildman–Crippen LogP) is 3.77. The zero-order chi connectivity index (χ0) is 31.1. The number of rotatable bonds is 7. The SMILES string of the molecule is CO[C@H]1C[C@@H](CNc2ncnc(N3CCOC(c4ccc(F)cc4F)C3)c2C)N(c2ccncn2)C1.O=C(O)C(F)(F)F. The second kappa shape index (κ2) is 13.9. The highest BCUT2D eigenvalue weighted by molar-refractivity contribution is 5.73. The van der Waals surface area contributed by atoms with E-state index in [9.17, 15) is 22.0 Å². The van der Waals surface area contributed by atoms with Gasteiger partial charge in [-0.05, 0) is 25.5 Å². The summed E-state index contributed by atoms with van der Waals surface area (Å²) in [5, 5.41) is 10.6. The van der Waals surface area contributed by atoms with Crippen molar-refractivity contribution in [3.05, 3.63) is 65.9 Å². The molecule has 2 saturated heterocycles. The van der Waals surface area contributed by atoms with Gasteiger partial charge in [0.1, 0.15) is 47.8 Å². The Morgan fingerprint density at radius 3 is 2.58 bits per heavy atom. The number of carboxylic acid groups (broad SMARTS) is 1. The first kappa shape index (κ1) is 31.7. The summed E-state index contributed by atoms with van der Waals surface area (Å²) in [5.41, 5.74) is 1.23. The van der Waals surface area contributed by atoms with Crippen molar-refractivity contribution in [1.82, 2.24) is 19.9 Å². The number of alkyl halides is 3. The fraction of sp³-hybridized carbons (Fsp3) is 0.444. The maximum absolute atomic E-state index is 14.4. The van der Waals surface area contributed by atoms with E-state index >= 15 is 0 Å². The second-order valence-corrected chi connectivity index (χ2v) is 9.79. The van der Waals surface area contributed by atoms with Gasteiger partial charge in [0.2, 0.25) is 0 Å². The standard InChI is InChI=1S/C25H29F2N7O2.C2HF3O2/c1-16-24(29-11-18-10-19(35-2)12-34(18)23-5-6-28-14-30-23)31-15-32-25(16)33-7-8-36-22(13-33)20-4-3-17(26)9-21(20)27;3-2(4,5)1(6)7/h3-6,9,14-15,18-19,22H,7-8,10-13H2,1-2H3,(H,29,31,32);(H,6,7)/t18-,19-,22?;/m0./s1. The quantitative estimate of drug-likeness (QED) is 0.379. The van der Waals surface area contributed by atoms with Gasteiger partial charge < -0.3 is 29.7 Å². The van der Waals surface area contributed by atoms with E-state index in [0.717, 1.165) is 42.0 Å². The molecule has 0 bridgehead atoms. The Hall–Kier alpha value is -4.18. The van der Waals surface area contributed by atoms with E-state index in [1.807, 2.05) is 13.0 Å². The van der Waals surface area contributed by atoms with Gasteiger partial charge in [-0.1, -0.05) is 6.07 Å². The molecule has 2 N–H and O–H groups in total. The number of halogens is 5. The summed E-state index contributed by atoms with van der Waals surface area (Å²) in [7, 11) is 1.73. The molecule has 0 spiro atoms. The summed E-state index contributed by atoms with van der Waals surface area (Å²) in [6.45, 7) is 4.78. The average molecular weight is 612 g/mol. The third-order valence-corrected chi connectivity index (χ3v) is 7.05. The van der Waals surface area contributed by atoms with Crippen LogP contribution in [0.1, 0.15) is 23.7 Å². The molecular formula is C27H30F5N7O4. The summed E-state index contributed by atoms with van der Waals surface area (Å²) in [5.74, 6) is -1.61. The monoisotopic (exact) mass is 611 g/mol. The highest BCUT2D eigenvalue weighted by Gasteiger charge is 2.38. The van der Waals surface area contributed by atoms with Crippen molar-refractivity contribution in [2.45, 2.75) is 37.8 Å². The van der Waals surface area contributed by atoms with Crippen molar-refractivity contribution < 1.29 is 41.3 Å². The number of nitrogens with one attached hydrogen (secondary N) is 1. The molecule has 2 fully saturated rings. The van der Waals surface area contributed by atoms with Gasteiger partial charge in [0.05, 0.1) is 18.8 Å². The Bertz CT molecular complexity index is 1390. The molecule has 4 heterocycles. The van der Waals surface area contributed by atoms with Crippen LogP contribution in [0, 0.1) is 18.6 Å². The number of morpholine rings is 1. The molecule has 2 aliphatic heterocycles. The molecule has 3 aromatic rings. The first-order chi connectivity index (χ1) is 20.5. The maximum atomic E-state index is 14.4. The van der Waals surface area contributed by atoms with Gasteiger partial charge >= 0.3 is 12.1 Å². The lowest BCUT2D eigenvalue weighted by atomic mass is 10.1. The van der Waals surface area contributed by atoms with Gasteiger partial charge in [-0.25, -0.2) is 33.5 Å². The van der Waals surface area contributed by atoms with Gasteiger partial charge in [-0.15, -0.1) is 0 Å². The van der Waals surface area contributed by atoms with E-state index in [2.05, 4.69) is 35.1 Å². The topological polar surface area (TPSA) is 126 Å². The predicted molar refractivity (Wildman–Crippen MR) is 145 cm³/mol. The molecule has 0 aliphatic carbocycles. The molecule has 0 saturated carbocycles. The molecule has 0 amide bonds. The summed E-state index contributed by atoms with van der Waals surface area (Å²) >= 11 is 0. The number of carbonyl (C=O) groups is 1. The number of benzene rings is 1. The van der Waals surface area contributed by atoms with Crippen LogP contribution < -0.4 is 15.1 Å². The molecule has 11 nitrogen and oxygen atoms in total. The highest BCUT2D eigenvalue weighted by Crippen LogP contribution is 2.31. The van der Waals surface area contributed by atoms with Crippen LogP contribution in [0.4, 0.5) is 39.4 Å². The molecule has 1 unspecified atom stereocenters. The van der Waals surface area contributed by atoms with E-state index in [0.29, 0.717) is 31.8 Å². The van der Waals surface area contributed by atoms with Crippen LogP contribution in [0.2, 0.25) is 0 Å². The number of nitrogens with zero attached hydrogens (tertiary/aromatic N) is 6. The number of aliphatic carboxylic acids is 1. The number of carboxylic acids is 1. The number of hydrogen-bond donors (Lipinski definition) is 2. The second-order valence-electron chi connectivity index (χ2n) is 9.79. The van der Waals surface area contributed by atoms with Crippen LogP contribution in [-0.4, -0.2) is 89.2 Å². The summed E-state index contributed by atoms with van der Waals surface area (Å²) in [6, 6.07) is 5.64. The Labute approximate surface area is 243 Å². The number of ether oxygens (including phenoxy) is 2. The molecule has 5 rings (SSSR count). The van der Waals surface area contributed by atoms with Crippen LogP contribution in [0.5, 0.6) is 0 Å². The minimum atomic E-state index is -5.08. The highest BCUT2D eigenvalue weighted by atomic mass is 19.4. The number of anilines is 3. The third kappa shape index (κ3) is 8.01. The van der Waals surface area contributed by atoms with E-state index in [1.165, 1.54) is 18.5 Å². The Morgan fingerprint density at radius 1 is 1.16 bits per heavy atom. The third-order valence-electron chi connectivity index (χ3n) is 7.05. The minimum Gasteiger partial charge on any atom is -0.475 e. The zero-order valence-electron chi connectivity index (χ0n) is 23.3. The van der Waals surface area contributed by atoms with Crippen molar-refractivity contribution in [3.63, 3.8) is 0 Å². The number of aromatic nitrogens is 4. The smallest absolute Gasteiger partial charge is 0.475 e. The summed E-state index contributed by atoms with van der Waals surface area (Å²) in [6.07, 6.45) is 0.193. The van der Waals surface area contributed by atoms with Gasteiger partial charge in [-0.3, -0.25) is 0 Å². The molecule has 43 heavy (non-hydrogen) atoms. The summed E-state index contributed by atoms with van der Waals surface area (Å²) < 4.78 is 70.9. The zero-order valence-corrected chi connectivity index (χ0v) is 23.3. The van der Waals surface area contributed by atoms with Crippen LogP contribution in [-0.2, 0) is 14.3 Å². The van der Waals surface area contributed by atoms with Crippen molar-refractivity contribution in [3.8, 4) is 0 Å². The van der Waals surface area contributed by atoms with E-state index < -0.39 is 29.9 Å². The average Bonchev–Trinajstić information content (AvgIpc) is 3.40. The molecule has 0 radical (unpaired) electrons. The molecule has 1 aromatic carbocycles. The van der Waals surface area contributed by atoms with Gasteiger partial charge in [-0.2, -0.15) is 13.2 Å². The normalized spacial score (nSPS) is 20.4. The van der Waals surface area contributed by atoms with Crippen LogP contribution >= 0.6 is 0 Å². The summed E-state index contributed by atoms with van der Waals surface area (Å²) in [4.78, 5) is 30.6. The van der Waals surface area contributed by atoms with Crippen LogP contribution in [0.3, 0.4) is 0 Å². The number of hydrogen-bond acceptors (Lipinski definition) is 10. The van der Waals surface area contributed by atoms with Crippen LogP contribution in [0.15, 0.2) is 43.1 Å². The molecule has 2 aromatic heterocycles. The molecule has 3 atom stereocenters. The lowest BCUT2D eigenvalue weighted by molar-refractivity contribution is -0.192. The largest absolute Gasteiger partial charge is 0.490 e. The first-order valence-electron chi connectivity index (χ1n) is 13.2. The molecule has 2 aliphatic rings. The number of methoxy groups -OCH3 is 1. The Morgan fingerprint density at radius 2 is 1.93 bits per heavy atom. The van der Waals surface area contributed by atoms with Crippen molar-refractivity contribution >= 4 is 23.4 Å². The lowest BCUT2D eigenvalue weighted by Crippen LogP contribution is -2.40. The molecule has 232 valence electrons. The lowest BCUT2D eigenvalue weighted by Gasteiger charge is -2.35. The van der Waals surface area contributed by atoms with Crippen molar-refractivity contribution in [2.75, 3.05) is 55.0 Å². The van der Waals surface area contributed by atoms with E-state index in [4.69, 9.17) is 19.4 Å². The Balaban J connectivity index is 0.000000541. The first-order valence-corrected chi connectivity index (χ1v) is 13.2. The van der Waals surface area contributed by atoms with Gasteiger partial charge in [0.25, 0.3) is 0 Å². The van der Waals surface area contributed by atoms with Crippen molar-refractivity contribution in [1.29, 1.82) is 0 Å². The van der Waals surface area contributed by atoms with Gasteiger partial charge in [0.15, 0.2) is 0 Å². The fourth-order valence-electron chi connectivity index (χ4n) is 4.92. The van der Waals surface area contributed by atoms with Crippen molar-refractivity contribution in [2.24, 2.45) is 0 Å². The molecule has 16 heteroatoms. The Kier molecular flexibility index (Phi) is 10.2. The fourth-order valence-corrected chi connectivity index (χ4v) is 4.92.